The van der Waals surface area contributed by atoms with E-state index in [9.17, 15) is 0 Å². The van der Waals surface area contributed by atoms with Crippen molar-refractivity contribution >= 4 is 11.6 Å². The van der Waals surface area contributed by atoms with Gasteiger partial charge in [0.1, 0.15) is 0 Å². The minimum Gasteiger partial charge on any atom is -0.380 e. The van der Waals surface area contributed by atoms with Gasteiger partial charge in [0.15, 0.2) is 0 Å². The Morgan fingerprint density at radius 2 is 2.31 bits per heavy atom. The highest BCUT2D eigenvalue weighted by Gasteiger charge is 2.16. The van der Waals surface area contributed by atoms with Crippen LogP contribution in [0.2, 0.25) is 0 Å². The summed E-state index contributed by atoms with van der Waals surface area (Å²) in [6, 6.07) is 0.536. The maximum absolute atomic E-state index is 6.15. The topological polar surface area (TPSA) is 21.3 Å². The summed E-state index contributed by atoms with van der Waals surface area (Å²) in [7, 11) is 0. The van der Waals surface area contributed by atoms with Crippen LogP contribution in [0.1, 0.15) is 26.7 Å². The average Bonchev–Trinajstić information content (AvgIpc) is 2.51. The summed E-state index contributed by atoms with van der Waals surface area (Å²) in [5.74, 6) is 0.684. The lowest BCUT2D eigenvalue weighted by molar-refractivity contribution is 0.190. The van der Waals surface area contributed by atoms with E-state index < -0.39 is 0 Å². The second-order valence-electron chi connectivity index (χ2n) is 4.20. The molecule has 2 unspecified atom stereocenters. The molecule has 3 heteroatoms. The van der Waals surface area contributed by atoms with Crippen molar-refractivity contribution in [2.75, 3.05) is 19.8 Å². The van der Waals surface area contributed by atoms with Gasteiger partial charge in [-0.05, 0) is 18.8 Å². The van der Waals surface area contributed by atoms with E-state index in [4.69, 9.17) is 16.3 Å². The Hall–Kier alpha value is 0.210. The highest BCUT2D eigenvalue weighted by atomic mass is 35.5. The molecule has 0 radical (unpaired) electrons. The molecule has 0 aromatic heterocycles. The van der Waals surface area contributed by atoms with Crippen LogP contribution in [0.4, 0.5) is 0 Å². The zero-order valence-electron chi connectivity index (χ0n) is 8.55. The number of hydrogen-bond donors (Lipinski definition) is 1. The molecule has 0 aromatic rings. The summed E-state index contributed by atoms with van der Waals surface area (Å²) in [5, 5.41) is 3.69. The normalized spacial score (nSPS) is 25.4. The van der Waals surface area contributed by atoms with Crippen molar-refractivity contribution in [2.24, 2.45) is 5.92 Å². The molecule has 1 aliphatic heterocycles. The molecule has 1 saturated heterocycles. The molecule has 1 N–H and O–H groups in total. The molecule has 1 heterocycles. The first-order valence-corrected chi connectivity index (χ1v) is 5.57. The molecule has 2 nitrogen and oxygen atoms in total. The summed E-state index contributed by atoms with van der Waals surface area (Å²) in [4.78, 5) is 0. The molecule has 0 spiro atoms. The zero-order valence-corrected chi connectivity index (χ0v) is 9.31. The molecule has 0 aliphatic carbocycles. The maximum atomic E-state index is 6.15. The third-order valence-corrected chi connectivity index (χ3v) is 2.62. The van der Waals surface area contributed by atoms with Crippen LogP contribution in [0, 0.1) is 5.92 Å². The fraction of sp³-hybridized carbons (Fsp3) is 1.00. The molecule has 0 bridgehead atoms. The van der Waals surface area contributed by atoms with Crippen molar-refractivity contribution in [1.29, 1.82) is 0 Å². The zero-order chi connectivity index (χ0) is 9.68. The van der Waals surface area contributed by atoms with Crippen LogP contribution < -0.4 is 5.32 Å². The largest absolute Gasteiger partial charge is 0.380 e. The monoisotopic (exact) mass is 205 g/mol. The van der Waals surface area contributed by atoms with Crippen LogP contribution in [0.25, 0.3) is 0 Å². The van der Waals surface area contributed by atoms with Crippen LogP contribution in [0.15, 0.2) is 0 Å². The minimum absolute atomic E-state index is 0.264. The third kappa shape index (κ3) is 4.84. The summed E-state index contributed by atoms with van der Waals surface area (Å²) in [5.41, 5.74) is 0. The number of halogens is 1. The van der Waals surface area contributed by atoms with Crippen LogP contribution in [-0.2, 0) is 4.74 Å². The van der Waals surface area contributed by atoms with Crippen LogP contribution >= 0.6 is 11.6 Å². The Morgan fingerprint density at radius 3 is 2.85 bits per heavy atom. The van der Waals surface area contributed by atoms with Crippen molar-refractivity contribution < 1.29 is 4.74 Å². The smallest absolute Gasteiger partial charge is 0.0620 e. The van der Waals surface area contributed by atoms with Gasteiger partial charge in [-0.3, -0.25) is 0 Å². The number of hydrogen-bond acceptors (Lipinski definition) is 2. The second kappa shape index (κ2) is 5.84. The Morgan fingerprint density at radius 1 is 1.54 bits per heavy atom. The van der Waals surface area contributed by atoms with Crippen LogP contribution in [0.3, 0.4) is 0 Å². The number of ether oxygens (including phenoxy) is 1. The fourth-order valence-electron chi connectivity index (χ4n) is 1.58. The van der Waals surface area contributed by atoms with Gasteiger partial charge in [0, 0.05) is 24.6 Å². The molecule has 78 valence electrons. The second-order valence-corrected chi connectivity index (χ2v) is 4.81. The van der Waals surface area contributed by atoms with Crippen molar-refractivity contribution in [1.82, 2.24) is 5.32 Å². The lowest BCUT2D eigenvalue weighted by Crippen LogP contribution is -2.34. The van der Waals surface area contributed by atoms with E-state index in [-0.39, 0.29) is 5.38 Å². The van der Waals surface area contributed by atoms with Crippen molar-refractivity contribution in [3.8, 4) is 0 Å². The summed E-state index contributed by atoms with van der Waals surface area (Å²) >= 11 is 6.15. The first-order valence-electron chi connectivity index (χ1n) is 5.13. The predicted molar refractivity (Wildman–Crippen MR) is 56.3 cm³/mol. The first kappa shape index (κ1) is 11.3. The van der Waals surface area contributed by atoms with E-state index in [0.29, 0.717) is 12.0 Å². The van der Waals surface area contributed by atoms with Crippen LogP contribution in [0.5, 0.6) is 0 Å². The van der Waals surface area contributed by atoms with Gasteiger partial charge >= 0.3 is 0 Å². The van der Waals surface area contributed by atoms with E-state index in [1.165, 1.54) is 0 Å². The SMILES string of the molecule is CC(C)CC(Cl)CNC1CCOC1. The van der Waals surface area contributed by atoms with Crippen molar-refractivity contribution in [3.05, 3.63) is 0 Å². The Kier molecular flexibility index (Phi) is 5.07. The first-order chi connectivity index (χ1) is 6.18. The molecule has 1 aliphatic rings. The van der Waals surface area contributed by atoms with Gasteiger partial charge in [-0.2, -0.15) is 0 Å². The molecule has 13 heavy (non-hydrogen) atoms. The molecule has 0 saturated carbocycles. The van der Waals surface area contributed by atoms with E-state index in [1.54, 1.807) is 0 Å². The van der Waals surface area contributed by atoms with Gasteiger partial charge in [-0.25, -0.2) is 0 Å². The summed E-state index contributed by atoms with van der Waals surface area (Å²) in [6.07, 6.45) is 2.22. The Labute approximate surface area is 86.0 Å². The van der Waals surface area contributed by atoms with Crippen molar-refractivity contribution in [3.63, 3.8) is 0 Å². The fourth-order valence-corrected chi connectivity index (χ4v) is 2.03. The van der Waals surface area contributed by atoms with E-state index >= 15 is 0 Å². The van der Waals surface area contributed by atoms with Crippen molar-refractivity contribution in [2.45, 2.75) is 38.1 Å². The van der Waals surface area contributed by atoms with Gasteiger partial charge < -0.3 is 10.1 Å². The van der Waals surface area contributed by atoms with Crippen LogP contribution in [-0.4, -0.2) is 31.2 Å². The van der Waals surface area contributed by atoms with Gasteiger partial charge in [0.05, 0.1) is 6.61 Å². The number of alkyl halides is 1. The third-order valence-electron chi connectivity index (χ3n) is 2.28. The summed E-state index contributed by atoms with van der Waals surface area (Å²) < 4.78 is 5.26. The molecular formula is C10H20ClNO. The van der Waals surface area contributed by atoms with Gasteiger partial charge in [-0.15, -0.1) is 11.6 Å². The lowest BCUT2D eigenvalue weighted by Gasteiger charge is -2.15. The minimum atomic E-state index is 0.264. The summed E-state index contributed by atoms with van der Waals surface area (Å²) in [6.45, 7) is 7.07. The van der Waals surface area contributed by atoms with Gasteiger partial charge in [-0.1, -0.05) is 13.8 Å². The van der Waals surface area contributed by atoms with Gasteiger partial charge in [0.2, 0.25) is 0 Å². The van der Waals surface area contributed by atoms with Gasteiger partial charge in [0.25, 0.3) is 0 Å². The lowest BCUT2D eigenvalue weighted by atomic mass is 10.1. The number of nitrogens with one attached hydrogen (secondary N) is 1. The van der Waals surface area contributed by atoms with E-state index in [0.717, 1.165) is 32.6 Å². The number of rotatable bonds is 5. The predicted octanol–water partition coefficient (Wildman–Crippen LogP) is 2.02. The molecular weight excluding hydrogens is 186 g/mol. The average molecular weight is 206 g/mol. The molecule has 2 atom stereocenters. The standard InChI is InChI=1S/C10H20ClNO/c1-8(2)5-9(11)6-12-10-3-4-13-7-10/h8-10,12H,3-7H2,1-2H3. The Bertz CT molecular complexity index is 135. The highest BCUT2D eigenvalue weighted by Crippen LogP contribution is 2.11. The van der Waals surface area contributed by atoms with E-state index in [2.05, 4.69) is 19.2 Å². The molecule has 0 amide bonds. The maximum Gasteiger partial charge on any atom is 0.0620 e. The Balaban J connectivity index is 2.03. The highest BCUT2D eigenvalue weighted by molar-refractivity contribution is 6.20. The molecule has 0 aromatic carbocycles. The molecule has 1 fully saturated rings. The quantitative estimate of drug-likeness (QED) is 0.694. The molecule has 1 rings (SSSR count). The van der Waals surface area contributed by atoms with E-state index in [1.807, 2.05) is 0 Å².